The van der Waals surface area contributed by atoms with Crippen molar-refractivity contribution in [2.75, 3.05) is 5.32 Å². The molecule has 1 aliphatic carbocycles. The van der Waals surface area contributed by atoms with Crippen LogP contribution in [0.5, 0.6) is 0 Å². The van der Waals surface area contributed by atoms with Crippen molar-refractivity contribution >= 4 is 51.2 Å². The van der Waals surface area contributed by atoms with Gasteiger partial charge in [-0.15, -0.1) is 22.7 Å². The van der Waals surface area contributed by atoms with E-state index in [1.54, 1.807) is 34.4 Å². The predicted molar refractivity (Wildman–Crippen MR) is 111 cm³/mol. The minimum atomic E-state index is 0.568. The zero-order valence-corrected chi connectivity index (χ0v) is 16.3. The lowest BCUT2D eigenvalue weighted by Crippen LogP contribution is -2.05. The average Bonchev–Trinajstić information content (AvgIpc) is 3.13. The predicted octanol–water partition coefficient (Wildman–Crippen LogP) is 5.68. The number of fused-ring (bicyclic) bond motifs is 1. The fourth-order valence-corrected chi connectivity index (χ4v) is 5.16. The van der Waals surface area contributed by atoms with Crippen LogP contribution in [0.4, 0.5) is 5.82 Å². The van der Waals surface area contributed by atoms with Crippen LogP contribution in [0.2, 0.25) is 0 Å². The minimum absolute atomic E-state index is 0.568. The number of thiazole rings is 1. The highest BCUT2D eigenvalue weighted by Crippen LogP contribution is 2.32. The highest BCUT2D eigenvalue weighted by molar-refractivity contribution is 7.98. The summed E-state index contributed by atoms with van der Waals surface area (Å²) in [5.41, 5.74) is 2.07. The first kappa shape index (κ1) is 16.2. The molecule has 1 aliphatic rings. The number of thiophene rings is 1. The monoisotopic (exact) mass is 396 g/mol. The number of rotatable bonds is 6. The maximum absolute atomic E-state index is 4.77. The molecule has 1 N–H and O–H groups in total. The molecule has 26 heavy (non-hydrogen) atoms. The van der Waals surface area contributed by atoms with Gasteiger partial charge in [0.1, 0.15) is 10.8 Å². The second-order valence-corrected chi connectivity index (χ2v) is 8.95. The third-order valence-corrected chi connectivity index (χ3v) is 6.94. The summed E-state index contributed by atoms with van der Waals surface area (Å²) in [6, 6.07) is 12.9. The lowest BCUT2D eigenvalue weighted by molar-refractivity contribution is 0.983. The molecule has 0 unspecified atom stereocenters. The molecule has 1 aromatic carbocycles. The second kappa shape index (κ2) is 6.98. The van der Waals surface area contributed by atoms with Gasteiger partial charge in [-0.05, 0) is 36.4 Å². The Morgan fingerprint density at radius 1 is 1.04 bits per heavy atom. The van der Waals surface area contributed by atoms with E-state index in [1.807, 2.05) is 12.1 Å². The summed E-state index contributed by atoms with van der Waals surface area (Å²) in [6.45, 7) is 0. The van der Waals surface area contributed by atoms with E-state index in [0.29, 0.717) is 6.04 Å². The van der Waals surface area contributed by atoms with Crippen LogP contribution in [0.3, 0.4) is 0 Å². The summed E-state index contributed by atoms with van der Waals surface area (Å²) in [5, 5.41) is 10.7. The number of benzene rings is 1. The van der Waals surface area contributed by atoms with Gasteiger partial charge in [0.25, 0.3) is 0 Å². The van der Waals surface area contributed by atoms with E-state index < -0.39 is 0 Å². The molecule has 4 nitrogen and oxygen atoms in total. The minimum Gasteiger partial charge on any atom is -0.367 e. The average molecular weight is 397 g/mol. The summed E-state index contributed by atoms with van der Waals surface area (Å²) in [4.78, 5) is 15.5. The Bertz CT molecular complexity index is 1040. The number of para-hydroxylation sites is 1. The van der Waals surface area contributed by atoms with Gasteiger partial charge in [0.15, 0.2) is 5.16 Å². The maximum atomic E-state index is 4.77. The normalized spacial score (nSPS) is 14.0. The molecule has 1 fully saturated rings. The van der Waals surface area contributed by atoms with Crippen LogP contribution in [0.15, 0.2) is 52.3 Å². The second-order valence-electron chi connectivity index (χ2n) is 6.20. The van der Waals surface area contributed by atoms with Crippen LogP contribution >= 0.6 is 34.4 Å². The van der Waals surface area contributed by atoms with Gasteiger partial charge in [0.05, 0.1) is 16.1 Å². The van der Waals surface area contributed by atoms with Gasteiger partial charge in [-0.3, -0.25) is 0 Å². The Hall–Kier alpha value is -1.96. The summed E-state index contributed by atoms with van der Waals surface area (Å²) in [5.74, 6) is 1.74. The van der Waals surface area contributed by atoms with Crippen molar-refractivity contribution < 1.29 is 0 Å². The first-order chi connectivity index (χ1) is 12.8. The number of hydrogen-bond donors (Lipinski definition) is 1. The van der Waals surface area contributed by atoms with E-state index in [-0.39, 0.29) is 0 Å². The van der Waals surface area contributed by atoms with E-state index >= 15 is 0 Å². The molecule has 3 heterocycles. The van der Waals surface area contributed by atoms with Crippen LogP contribution < -0.4 is 5.32 Å². The van der Waals surface area contributed by atoms with E-state index in [9.17, 15) is 0 Å². The molecule has 7 heteroatoms. The van der Waals surface area contributed by atoms with Crippen LogP contribution in [0, 0.1) is 0 Å². The van der Waals surface area contributed by atoms with Gasteiger partial charge < -0.3 is 5.32 Å². The molecule has 1 saturated carbocycles. The molecular weight excluding hydrogens is 380 g/mol. The van der Waals surface area contributed by atoms with Gasteiger partial charge in [-0.25, -0.2) is 15.0 Å². The molecule has 0 aliphatic heterocycles. The third kappa shape index (κ3) is 3.47. The summed E-state index contributed by atoms with van der Waals surface area (Å²) < 4.78 is 0. The van der Waals surface area contributed by atoms with Crippen LogP contribution in [0.1, 0.15) is 18.5 Å². The Kier molecular flexibility index (Phi) is 4.36. The van der Waals surface area contributed by atoms with Crippen LogP contribution in [-0.2, 0) is 5.75 Å². The third-order valence-electron chi connectivity index (χ3n) is 4.13. The Morgan fingerprint density at radius 2 is 1.96 bits per heavy atom. The molecule has 0 spiro atoms. The molecule has 0 atom stereocenters. The van der Waals surface area contributed by atoms with Crippen molar-refractivity contribution in [1.82, 2.24) is 15.0 Å². The van der Waals surface area contributed by atoms with Crippen molar-refractivity contribution in [1.29, 1.82) is 0 Å². The van der Waals surface area contributed by atoms with Crippen LogP contribution in [0.25, 0.3) is 20.8 Å². The molecule has 0 saturated heterocycles. The smallest absolute Gasteiger partial charge is 0.190 e. The van der Waals surface area contributed by atoms with E-state index in [2.05, 4.69) is 40.3 Å². The Balaban J connectivity index is 1.37. The number of nitrogens with one attached hydrogen (secondary N) is 1. The fraction of sp³-hybridized carbons (Fsp3) is 0.211. The lowest BCUT2D eigenvalue weighted by Gasteiger charge is -2.09. The summed E-state index contributed by atoms with van der Waals surface area (Å²) >= 11 is 5.07. The largest absolute Gasteiger partial charge is 0.367 e. The van der Waals surface area contributed by atoms with Gasteiger partial charge >= 0.3 is 0 Å². The Labute approximate surface area is 163 Å². The number of thioether (sulfide) groups is 1. The topological polar surface area (TPSA) is 50.7 Å². The van der Waals surface area contributed by atoms with Crippen molar-refractivity contribution in [2.24, 2.45) is 0 Å². The highest BCUT2D eigenvalue weighted by atomic mass is 32.2. The molecule has 0 radical (unpaired) electrons. The number of hydrogen-bond acceptors (Lipinski definition) is 7. The van der Waals surface area contributed by atoms with E-state index in [4.69, 9.17) is 15.0 Å². The molecule has 0 amide bonds. The summed E-state index contributed by atoms with van der Waals surface area (Å²) in [6.07, 6.45) is 2.45. The first-order valence-electron chi connectivity index (χ1n) is 8.49. The van der Waals surface area contributed by atoms with Crippen molar-refractivity contribution in [3.05, 3.63) is 52.9 Å². The van der Waals surface area contributed by atoms with Gasteiger partial charge in [-0.2, -0.15) is 0 Å². The maximum Gasteiger partial charge on any atom is 0.190 e. The highest BCUT2D eigenvalue weighted by Gasteiger charge is 2.22. The number of nitrogens with zero attached hydrogens (tertiary/aromatic N) is 3. The lowest BCUT2D eigenvalue weighted by atomic mass is 10.2. The standard InChI is InChI=1S/C19H16N4S3/c1-2-5-15-14(4-1)17(20-12-7-8-12)23-19(22-15)26-11-13-10-25-18(21-13)16-6-3-9-24-16/h1-6,9-10,12H,7-8,11H2,(H,20,22,23). The van der Waals surface area contributed by atoms with Crippen LogP contribution in [-0.4, -0.2) is 21.0 Å². The molecule has 3 aromatic heterocycles. The van der Waals surface area contributed by atoms with Crippen molar-refractivity contribution in [3.8, 4) is 9.88 Å². The zero-order chi connectivity index (χ0) is 17.3. The fourth-order valence-electron chi connectivity index (χ4n) is 2.68. The van der Waals surface area contributed by atoms with Gasteiger partial charge in [-0.1, -0.05) is 30.0 Å². The number of anilines is 1. The van der Waals surface area contributed by atoms with E-state index in [1.165, 1.54) is 17.7 Å². The first-order valence-corrected chi connectivity index (χ1v) is 11.2. The van der Waals surface area contributed by atoms with Gasteiger partial charge in [0.2, 0.25) is 0 Å². The van der Waals surface area contributed by atoms with Crippen molar-refractivity contribution in [3.63, 3.8) is 0 Å². The molecule has 130 valence electrons. The summed E-state index contributed by atoms with van der Waals surface area (Å²) in [7, 11) is 0. The molecule has 4 aromatic rings. The molecule has 5 rings (SSSR count). The number of aromatic nitrogens is 3. The van der Waals surface area contributed by atoms with Gasteiger partial charge in [0, 0.05) is 22.6 Å². The molecular formula is C19H16N4S3. The molecule has 0 bridgehead atoms. The Morgan fingerprint density at radius 3 is 2.81 bits per heavy atom. The van der Waals surface area contributed by atoms with Crippen molar-refractivity contribution in [2.45, 2.75) is 29.8 Å². The SMILES string of the molecule is c1csc(-c2nc(CSc3nc(NC4CC4)c4ccccc4n3)cs2)c1. The zero-order valence-electron chi connectivity index (χ0n) is 13.9. The van der Waals surface area contributed by atoms with E-state index in [0.717, 1.165) is 38.3 Å². The quantitative estimate of drug-likeness (QED) is 0.335.